The standard InChI is InChI=1S/C12H11ClF3N/c13-10-3-1-2-9(12(14,15)16)11(10)8-4-6-17-7-5-8/h1-4,17H,5-7H2. The second-order valence-electron chi connectivity index (χ2n) is 3.84. The zero-order chi connectivity index (χ0) is 12.5. The molecular weight excluding hydrogens is 251 g/mol. The van der Waals surface area contributed by atoms with E-state index in [0.717, 1.165) is 6.07 Å². The molecule has 0 spiro atoms. The summed E-state index contributed by atoms with van der Waals surface area (Å²) in [4.78, 5) is 0. The van der Waals surface area contributed by atoms with Crippen molar-refractivity contribution in [2.75, 3.05) is 13.1 Å². The van der Waals surface area contributed by atoms with Gasteiger partial charge in [-0.05, 0) is 30.7 Å². The van der Waals surface area contributed by atoms with E-state index in [4.69, 9.17) is 11.6 Å². The number of hydrogen-bond donors (Lipinski definition) is 1. The van der Waals surface area contributed by atoms with Crippen LogP contribution in [0.5, 0.6) is 0 Å². The Bertz CT molecular complexity index is 452. The molecule has 0 aliphatic carbocycles. The number of hydrogen-bond acceptors (Lipinski definition) is 1. The quantitative estimate of drug-likeness (QED) is 0.812. The minimum atomic E-state index is -4.37. The average Bonchev–Trinajstić information content (AvgIpc) is 2.28. The van der Waals surface area contributed by atoms with Crippen molar-refractivity contribution in [1.29, 1.82) is 0 Å². The van der Waals surface area contributed by atoms with Crippen molar-refractivity contribution >= 4 is 17.2 Å². The van der Waals surface area contributed by atoms with Crippen molar-refractivity contribution < 1.29 is 13.2 Å². The Morgan fingerprint density at radius 3 is 2.59 bits per heavy atom. The maximum Gasteiger partial charge on any atom is 0.417 e. The summed E-state index contributed by atoms with van der Waals surface area (Å²) >= 11 is 5.91. The second-order valence-corrected chi connectivity index (χ2v) is 4.25. The fourth-order valence-electron chi connectivity index (χ4n) is 1.94. The molecule has 0 unspecified atom stereocenters. The van der Waals surface area contributed by atoms with E-state index in [9.17, 15) is 13.2 Å². The predicted molar refractivity (Wildman–Crippen MR) is 61.9 cm³/mol. The van der Waals surface area contributed by atoms with Gasteiger partial charge in [0, 0.05) is 17.1 Å². The summed E-state index contributed by atoms with van der Waals surface area (Å²) in [6.45, 7) is 1.26. The Labute approximate surface area is 102 Å². The van der Waals surface area contributed by atoms with Crippen LogP contribution < -0.4 is 5.32 Å². The first-order valence-corrected chi connectivity index (χ1v) is 5.64. The van der Waals surface area contributed by atoms with Crippen molar-refractivity contribution in [3.05, 3.63) is 40.4 Å². The molecule has 0 bridgehead atoms. The Morgan fingerprint density at radius 1 is 1.24 bits per heavy atom. The fourth-order valence-corrected chi connectivity index (χ4v) is 2.23. The molecule has 0 fully saturated rings. The fraction of sp³-hybridized carbons (Fsp3) is 0.333. The lowest BCUT2D eigenvalue weighted by Crippen LogP contribution is -2.21. The summed E-state index contributed by atoms with van der Waals surface area (Å²) in [5.74, 6) is 0. The molecular formula is C12H11ClF3N. The van der Waals surface area contributed by atoms with Gasteiger partial charge in [0.1, 0.15) is 0 Å². The summed E-state index contributed by atoms with van der Waals surface area (Å²) in [5.41, 5.74) is 0.142. The summed E-state index contributed by atoms with van der Waals surface area (Å²) in [5, 5.41) is 3.22. The summed E-state index contributed by atoms with van der Waals surface area (Å²) in [7, 11) is 0. The van der Waals surface area contributed by atoms with Gasteiger partial charge in [-0.1, -0.05) is 23.7 Å². The van der Waals surface area contributed by atoms with Crippen LogP contribution in [0.2, 0.25) is 5.02 Å². The predicted octanol–water partition coefficient (Wildman–Crippen LogP) is 3.74. The molecule has 1 N–H and O–H groups in total. The topological polar surface area (TPSA) is 12.0 Å². The van der Waals surface area contributed by atoms with Gasteiger partial charge >= 0.3 is 6.18 Å². The lowest BCUT2D eigenvalue weighted by atomic mass is 9.95. The van der Waals surface area contributed by atoms with Crippen LogP contribution in [0.25, 0.3) is 5.57 Å². The van der Waals surface area contributed by atoms with Gasteiger partial charge in [-0.25, -0.2) is 0 Å². The van der Waals surface area contributed by atoms with Crippen molar-refractivity contribution in [3.8, 4) is 0 Å². The lowest BCUT2D eigenvalue weighted by Gasteiger charge is -2.20. The van der Waals surface area contributed by atoms with E-state index in [1.165, 1.54) is 12.1 Å². The van der Waals surface area contributed by atoms with Gasteiger partial charge < -0.3 is 5.32 Å². The zero-order valence-corrected chi connectivity index (χ0v) is 9.70. The van der Waals surface area contributed by atoms with Gasteiger partial charge in [0.25, 0.3) is 0 Å². The van der Waals surface area contributed by atoms with Gasteiger partial charge in [-0.3, -0.25) is 0 Å². The number of alkyl halides is 3. The molecule has 1 aliphatic heterocycles. The molecule has 1 heterocycles. The second kappa shape index (κ2) is 4.70. The number of benzene rings is 1. The van der Waals surface area contributed by atoms with Gasteiger partial charge in [0.2, 0.25) is 0 Å². The molecule has 5 heteroatoms. The molecule has 17 heavy (non-hydrogen) atoms. The number of halogens is 4. The van der Waals surface area contributed by atoms with Gasteiger partial charge in [0.05, 0.1) is 5.56 Å². The summed E-state index contributed by atoms with van der Waals surface area (Å²) < 4.78 is 38.6. The van der Waals surface area contributed by atoms with Crippen molar-refractivity contribution in [1.82, 2.24) is 5.32 Å². The molecule has 2 rings (SSSR count). The van der Waals surface area contributed by atoms with Crippen LogP contribution in [-0.2, 0) is 6.18 Å². The van der Waals surface area contributed by atoms with Crippen molar-refractivity contribution in [3.63, 3.8) is 0 Å². The SMILES string of the molecule is FC(F)(F)c1cccc(Cl)c1C1=CCNCC1. The molecule has 0 amide bonds. The van der Waals surface area contributed by atoms with Crippen LogP contribution in [0.1, 0.15) is 17.5 Å². The third-order valence-corrected chi connectivity index (χ3v) is 3.02. The Balaban J connectivity index is 2.55. The highest BCUT2D eigenvalue weighted by Gasteiger charge is 2.35. The first-order chi connectivity index (χ1) is 8.00. The molecule has 0 aromatic heterocycles. The largest absolute Gasteiger partial charge is 0.417 e. The number of nitrogens with one attached hydrogen (secondary N) is 1. The highest BCUT2D eigenvalue weighted by molar-refractivity contribution is 6.32. The molecule has 92 valence electrons. The first kappa shape index (κ1) is 12.5. The Morgan fingerprint density at radius 2 is 2.00 bits per heavy atom. The highest BCUT2D eigenvalue weighted by Crippen LogP contribution is 2.39. The smallest absolute Gasteiger partial charge is 0.313 e. The van der Waals surface area contributed by atoms with Crippen LogP contribution in [0.3, 0.4) is 0 Å². The van der Waals surface area contributed by atoms with Crippen LogP contribution >= 0.6 is 11.6 Å². The van der Waals surface area contributed by atoms with Gasteiger partial charge in [0.15, 0.2) is 0 Å². The molecule has 0 atom stereocenters. The highest BCUT2D eigenvalue weighted by atomic mass is 35.5. The summed E-state index contributed by atoms with van der Waals surface area (Å²) in [6.07, 6.45) is -2.04. The van der Waals surface area contributed by atoms with E-state index < -0.39 is 11.7 Å². The average molecular weight is 262 g/mol. The molecule has 1 aliphatic rings. The van der Waals surface area contributed by atoms with E-state index in [1.54, 1.807) is 6.08 Å². The van der Waals surface area contributed by atoms with Crippen LogP contribution in [0.15, 0.2) is 24.3 Å². The third kappa shape index (κ3) is 2.64. The van der Waals surface area contributed by atoms with Crippen molar-refractivity contribution in [2.24, 2.45) is 0 Å². The minimum absolute atomic E-state index is 0.128. The molecule has 1 nitrogen and oxygen atoms in total. The summed E-state index contributed by atoms with van der Waals surface area (Å²) in [6, 6.07) is 3.90. The molecule has 1 aromatic carbocycles. The molecule has 1 aromatic rings. The van der Waals surface area contributed by atoms with Crippen LogP contribution in [0, 0.1) is 0 Å². The Kier molecular flexibility index (Phi) is 3.45. The minimum Gasteiger partial charge on any atom is -0.313 e. The van der Waals surface area contributed by atoms with E-state index in [2.05, 4.69) is 5.32 Å². The van der Waals surface area contributed by atoms with E-state index in [-0.39, 0.29) is 10.6 Å². The maximum atomic E-state index is 12.9. The van der Waals surface area contributed by atoms with Crippen LogP contribution in [0.4, 0.5) is 13.2 Å². The molecule has 0 radical (unpaired) electrons. The van der Waals surface area contributed by atoms with Gasteiger partial charge in [-0.2, -0.15) is 13.2 Å². The monoisotopic (exact) mass is 261 g/mol. The van der Waals surface area contributed by atoms with E-state index in [1.807, 2.05) is 0 Å². The maximum absolute atomic E-state index is 12.9. The molecule has 0 saturated carbocycles. The van der Waals surface area contributed by atoms with E-state index in [0.29, 0.717) is 25.1 Å². The van der Waals surface area contributed by atoms with Crippen LogP contribution in [-0.4, -0.2) is 13.1 Å². The first-order valence-electron chi connectivity index (χ1n) is 5.26. The zero-order valence-electron chi connectivity index (χ0n) is 8.94. The third-order valence-electron chi connectivity index (χ3n) is 2.70. The molecule has 0 saturated heterocycles. The number of rotatable bonds is 1. The Hall–Kier alpha value is -1.00. The van der Waals surface area contributed by atoms with E-state index >= 15 is 0 Å². The lowest BCUT2D eigenvalue weighted by molar-refractivity contribution is -0.137. The van der Waals surface area contributed by atoms with Crippen molar-refractivity contribution in [2.45, 2.75) is 12.6 Å². The van der Waals surface area contributed by atoms with Gasteiger partial charge in [-0.15, -0.1) is 0 Å². The normalized spacial score (nSPS) is 16.8.